The normalized spacial score (nSPS) is 20.7. The molecule has 2 saturated heterocycles. The Balaban J connectivity index is 1.59. The first-order chi connectivity index (χ1) is 12.9. The molecule has 0 aromatic carbocycles. The van der Waals surface area contributed by atoms with E-state index in [1.807, 2.05) is 42.8 Å². The van der Waals surface area contributed by atoms with E-state index in [1.165, 1.54) is 0 Å². The zero-order valence-corrected chi connectivity index (χ0v) is 16.6. The van der Waals surface area contributed by atoms with Gasteiger partial charge in [-0.3, -0.25) is 9.48 Å². The SMILES string of the molecule is CCC(C(=O)N1CCC2(CC1)CN(C(=O)NC(C)C)CCO2)n1cccn1. The number of nitrogens with zero attached hydrogens (tertiary/aromatic N) is 4. The minimum Gasteiger partial charge on any atom is -0.371 e. The molecule has 8 nitrogen and oxygen atoms in total. The number of amides is 3. The second-order valence-electron chi connectivity index (χ2n) is 7.79. The Morgan fingerprint density at radius 2 is 1.96 bits per heavy atom. The first-order valence-corrected chi connectivity index (χ1v) is 9.91. The lowest BCUT2D eigenvalue weighted by Gasteiger charge is -2.47. The van der Waals surface area contributed by atoms with Gasteiger partial charge in [0.25, 0.3) is 0 Å². The van der Waals surface area contributed by atoms with E-state index in [9.17, 15) is 9.59 Å². The van der Waals surface area contributed by atoms with E-state index in [-0.39, 0.29) is 29.6 Å². The van der Waals surface area contributed by atoms with Gasteiger partial charge in [-0.25, -0.2) is 4.79 Å². The molecular formula is C19H31N5O3. The summed E-state index contributed by atoms with van der Waals surface area (Å²) in [5.41, 5.74) is -0.337. The highest BCUT2D eigenvalue weighted by molar-refractivity contribution is 5.80. The van der Waals surface area contributed by atoms with Crippen LogP contribution in [0.3, 0.4) is 0 Å². The van der Waals surface area contributed by atoms with Gasteiger partial charge in [-0.15, -0.1) is 0 Å². The maximum absolute atomic E-state index is 12.9. The number of aromatic nitrogens is 2. The number of carbonyl (C=O) groups is 2. The molecule has 1 atom stereocenters. The largest absolute Gasteiger partial charge is 0.371 e. The quantitative estimate of drug-likeness (QED) is 0.865. The van der Waals surface area contributed by atoms with Crippen LogP contribution in [0.15, 0.2) is 18.5 Å². The summed E-state index contributed by atoms with van der Waals surface area (Å²) in [5, 5.41) is 7.19. The molecule has 0 aliphatic carbocycles. The number of carbonyl (C=O) groups excluding carboxylic acids is 2. The number of hydrogen-bond donors (Lipinski definition) is 1. The van der Waals surface area contributed by atoms with Gasteiger partial charge in [0, 0.05) is 38.1 Å². The average Bonchev–Trinajstić information content (AvgIpc) is 3.17. The predicted octanol–water partition coefficient (Wildman–Crippen LogP) is 1.65. The summed E-state index contributed by atoms with van der Waals surface area (Å²) in [5.74, 6) is 0.112. The second kappa shape index (κ2) is 8.29. The Labute approximate surface area is 160 Å². The lowest BCUT2D eigenvalue weighted by molar-refractivity contribution is -0.149. The fourth-order valence-electron chi connectivity index (χ4n) is 3.94. The summed E-state index contributed by atoms with van der Waals surface area (Å²) in [6, 6.07) is 1.67. The third kappa shape index (κ3) is 4.43. The van der Waals surface area contributed by atoms with Crippen molar-refractivity contribution in [3.63, 3.8) is 0 Å². The standard InChI is InChI=1S/C19H31N5O3/c1-4-16(24-9-5-8-20-24)17(25)22-10-6-19(7-11-22)14-23(12-13-27-19)18(26)21-15(2)3/h5,8-9,15-16H,4,6-7,10-14H2,1-3H3,(H,21,26). The first-order valence-electron chi connectivity index (χ1n) is 9.91. The van der Waals surface area contributed by atoms with Gasteiger partial charge in [-0.05, 0) is 39.2 Å². The number of rotatable bonds is 4. The number of ether oxygens (including phenoxy) is 1. The van der Waals surface area contributed by atoms with Gasteiger partial charge in [0.2, 0.25) is 5.91 Å². The number of likely N-dealkylation sites (tertiary alicyclic amines) is 1. The molecule has 1 N–H and O–H groups in total. The van der Waals surface area contributed by atoms with Crippen LogP contribution in [0.4, 0.5) is 4.79 Å². The van der Waals surface area contributed by atoms with E-state index >= 15 is 0 Å². The monoisotopic (exact) mass is 377 g/mol. The number of piperidine rings is 1. The Bertz CT molecular complexity index is 638. The van der Waals surface area contributed by atoms with Crippen molar-refractivity contribution < 1.29 is 14.3 Å². The van der Waals surface area contributed by atoms with E-state index in [1.54, 1.807) is 10.9 Å². The minimum atomic E-state index is -0.337. The molecule has 3 heterocycles. The molecule has 150 valence electrons. The van der Waals surface area contributed by atoms with Crippen molar-refractivity contribution in [2.75, 3.05) is 32.8 Å². The van der Waals surface area contributed by atoms with Crippen LogP contribution in [0, 0.1) is 0 Å². The zero-order valence-electron chi connectivity index (χ0n) is 16.6. The fourth-order valence-corrected chi connectivity index (χ4v) is 3.94. The first kappa shape index (κ1) is 19.7. The summed E-state index contributed by atoms with van der Waals surface area (Å²) < 4.78 is 7.84. The number of morpholine rings is 1. The van der Waals surface area contributed by atoms with Crippen LogP contribution >= 0.6 is 0 Å². The highest BCUT2D eigenvalue weighted by Gasteiger charge is 2.42. The van der Waals surface area contributed by atoms with E-state index in [2.05, 4.69) is 10.4 Å². The Kier molecular flexibility index (Phi) is 6.04. The van der Waals surface area contributed by atoms with E-state index in [0.717, 1.165) is 12.8 Å². The lowest BCUT2D eigenvalue weighted by atomic mass is 9.89. The van der Waals surface area contributed by atoms with Crippen molar-refractivity contribution in [2.45, 2.75) is 57.7 Å². The Morgan fingerprint density at radius 1 is 1.22 bits per heavy atom. The van der Waals surface area contributed by atoms with Crippen LogP contribution in [-0.4, -0.2) is 75.9 Å². The summed E-state index contributed by atoms with van der Waals surface area (Å²) >= 11 is 0. The summed E-state index contributed by atoms with van der Waals surface area (Å²) in [4.78, 5) is 29.1. The molecule has 27 heavy (non-hydrogen) atoms. The van der Waals surface area contributed by atoms with Gasteiger partial charge >= 0.3 is 6.03 Å². The topological polar surface area (TPSA) is 79.7 Å². The summed E-state index contributed by atoms with van der Waals surface area (Å²) in [7, 11) is 0. The third-order valence-electron chi connectivity index (χ3n) is 5.45. The molecule has 0 bridgehead atoms. The van der Waals surface area contributed by atoms with Crippen molar-refractivity contribution in [2.24, 2.45) is 0 Å². The van der Waals surface area contributed by atoms with Crippen molar-refractivity contribution in [1.82, 2.24) is 24.9 Å². The summed E-state index contributed by atoms with van der Waals surface area (Å²) in [6.45, 7) is 8.97. The Hall–Kier alpha value is -2.09. The van der Waals surface area contributed by atoms with Crippen molar-refractivity contribution >= 4 is 11.9 Å². The third-order valence-corrected chi connectivity index (χ3v) is 5.45. The van der Waals surface area contributed by atoms with Crippen molar-refractivity contribution in [1.29, 1.82) is 0 Å². The molecule has 0 saturated carbocycles. The van der Waals surface area contributed by atoms with Gasteiger partial charge in [-0.1, -0.05) is 6.92 Å². The van der Waals surface area contributed by atoms with Crippen LogP contribution in [0.1, 0.15) is 46.1 Å². The van der Waals surface area contributed by atoms with Crippen molar-refractivity contribution in [3.05, 3.63) is 18.5 Å². The van der Waals surface area contributed by atoms with Gasteiger partial charge < -0.3 is 19.9 Å². The lowest BCUT2D eigenvalue weighted by Crippen LogP contribution is -2.60. The molecule has 1 unspecified atom stereocenters. The second-order valence-corrected chi connectivity index (χ2v) is 7.79. The molecule has 2 fully saturated rings. The number of hydrogen-bond acceptors (Lipinski definition) is 4. The zero-order chi connectivity index (χ0) is 19.4. The van der Waals surface area contributed by atoms with Crippen LogP contribution in [0.5, 0.6) is 0 Å². The molecule has 2 aliphatic heterocycles. The van der Waals surface area contributed by atoms with Crippen LogP contribution in [-0.2, 0) is 9.53 Å². The van der Waals surface area contributed by atoms with Gasteiger partial charge in [0.1, 0.15) is 6.04 Å². The molecule has 1 aromatic heterocycles. The number of urea groups is 1. The molecule has 3 rings (SSSR count). The van der Waals surface area contributed by atoms with E-state index < -0.39 is 0 Å². The molecule has 1 spiro atoms. The molecule has 3 amide bonds. The average molecular weight is 377 g/mol. The maximum Gasteiger partial charge on any atom is 0.317 e. The predicted molar refractivity (Wildman–Crippen MR) is 101 cm³/mol. The Morgan fingerprint density at radius 3 is 2.56 bits per heavy atom. The van der Waals surface area contributed by atoms with E-state index in [4.69, 9.17) is 4.74 Å². The molecule has 2 aliphatic rings. The number of nitrogens with one attached hydrogen (secondary N) is 1. The highest BCUT2D eigenvalue weighted by atomic mass is 16.5. The van der Waals surface area contributed by atoms with E-state index in [0.29, 0.717) is 39.2 Å². The van der Waals surface area contributed by atoms with Crippen LogP contribution in [0.2, 0.25) is 0 Å². The fraction of sp³-hybridized carbons (Fsp3) is 0.737. The molecular weight excluding hydrogens is 346 g/mol. The van der Waals surface area contributed by atoms with Gasteiger partial charge in [0.15, 0.2) is 0 Å². The molecule has 1 aromatic rings. The van der Waals surface area contributed by atoms with Gasteiger partial charge in [-0.2, -0.15) is 5.10 Å². The molecule has 0 radical (unpaired) electrons. The molecule has 8 heteroatoms. The minimum absolute atomic E-state index is 0.0316. The summed E-state index contributed by atoms with van der Waals surface area (Å²) in [6.07, 6.45) is 5.75. The van der Waals surface area contributed by atoms with Crippen LogP contribution < -0.4 is 5.32 Å². The van der Waals surface area contributed by atoms with Gasteiger partial charge in [0.05, 0.1) is 18.8 Å². The smallest absolute Gasteiger partial charge is 0.317 e. The highest BCUT2D eigenvalue weighted by Crippen LogP contribution is 2.31. The van der Waals surface area contributed by atoms with Crippen molar-refractivity contribution in [3.8, 4) is 0 Å². The van der Waals surface area contributed by atoms with Crippen LogP contribution in [0.25, 0.3) is 0 Å². The maximum atomic E-state index is 12.9.